The Bertz CT molecular complexity index is 302. The third kappa shape index (κ3) is 3.07. The molecule has 1 N–H and O–H groups in total. The summed E-state index contributed by atoms with van der Waals surface area (Å²) in [4.78, 5) is 10.7. The summed E-state index contributed by atoms with van der Waals surface area (Å²) >= 11 is 0. The van der Waals surface area contributed by atoms with Crippen molar-refractivity contribution in [3.8, 4) is 0 Å². The fourth-order valence-corrected chi connectivity index (χ4v) is 1.36. The van der Waals surface area contributed by atoms with Crippen molar-refractivity contribution in [1.29, 1.82) is 0 Å². The topological polar surface area (TPSA) is 38.3 Å². The molecule has 2 rings (SSSR count). The van der Waals surface area contributed by atoms with Crippen molar-refractivity contribution in [3.05, 3.63) is 35.9 Å². The van der Waals surface area contributed by atoms with E-state index >= 15 is 0 Å². The summed E-state index contributed by atoms with van der Waals surface area (Å²) in [6.07, 6.45) is 0.466. The van der Waals surface area contributed by atoms with Gasteiger partial charge in [0.25, 0.3) is 0 Å². The first-order valence-corrected chi connectivity index (χ1v) is 4.23. The Morgan fingerprint density at radius 3 is 3.00 bits per heavy atom. The number of nitrogens with one attached hydrogen (secondary N) is 1. The van der Waals surface area contributed by atoms with Crippen molar-refractivity contribution < 1.29 is 42.2 Å². The first-order valence-electron chi connectivity index (χ1n) is 4.23. The number of rotatable bonds is 2. The van der Waals surface area contributed by atoms with Gasteiger partial charge in [-0.2, -0.15) is 35.9 Å². The predicted molar refractivity (Wildman–Crippen MR) is 47.3 cm³/mol. The minimum Gasteiger partial charge on any atom is -0.447 e. The van der Waals surface area contributed by atoms with Gasteiger partial charge in [0.2, 0.25) is 0 Å². The number of cyclic esters (lactones) is 1. The molecule has 1 atom stereocenters. The summed E-state index contributed by atoms with van der Waals surface area (Å²) < 4.78 is 4.77. The average Bonchev–Trinajstić information content (AvgIpc) is 2.53. The van der Waals surface area contributed by atoms with E-state index in [-0.39, 0.29) is 44.8 Å². The van der Waals surface area contributed by atoms with Crippen molar-refractivity contribution in [3.63, 3.8) is 0 Å². The number of benzene rings is 1. The zero-order chi connectivity index (χ0) is 9.10. The molecule has 1 saturated heterocycles. The van der Waals surface area contributed by atoms with E-state index in [1.807, 2.05) is 24.3 Å². The van der Waals surface area contributed by atoms with Gasteiger partial charge in [-0.3, -0.25) is 0 Å². The van der Waals surface area contributed by atoms with Gasteiger partial charge < -0.3 is 10.1 Å². The molecule has 0 spiro atoms. The van der Waals surface area contributed by atoms with Crippen molar-refractivity contribution in [2.75, 3.05) is 6.61 Å². The van der Waals surface area contributed by atoms with E-state index < -0.39 is 0 Å². The summed E-state index contributed by atoms with van der Waals surface area (Å²) in [7, 11) is 0. The summed E-state index contributed by atoms with van der Waals surface area (Å²) in [5.41, 5.74) is 1.10. The van der Waals surface area contributed by atoms with Crippen LogP contribution in [-0.4, -0.2) is 18.7 Å². The smallest absolute Gasteiger partial charge is 0.407 e. The van der Waals surface area contributed by atoms with Gasteiger partial charge in [-0.15, -0.1) is 0 Å². The maximum atomic E-state index is 10.7. The zero-order valence-corrected chi connectivity index (χ0v) is 10.5. The quantitative estimate of drug-likeness (QED) is 0.814. The van der Waals surface area contributed by atoms with Crippen LogP contribution in [0.2, 0.25) is 0 Å². The second-order valence-corrected chi connectivity index (χ2v) is 3.03. The first kappa shape index (κ1) is 11.7. The van der Waals surface area contributed by atoms with E-state index in [0.29, 0.717) is 6.61 Å². The van der Waals surface area contributed by atoms with Gasteiger partial charge in [0.15, 0.2) is 0 Å². The predicted octanol–water partition coefficient (Wildman–Crippen LogP) is 1.14. The fourth-order valence-electron chi connectivity index (χ4n) is 1.36. The second-order valence-electron chi connectivity index (χ2n) is 3.03. The number of alkyl carbamates (subject to hydrolysis) is 1. The van der Waals surface area contributed by atoms with Crippen LogP contribution in [0.3, 0.4) is 0 Å². The van der Waals surface area contributed by atoms with Crippen LogP contribution in [0.15, 0.2) is 24.3 Å². The standard InChI is InChI=1S/C10H10NO2.Y/c12-10-11-9(7-13-10)6-8-4-2-1-3-5-8;/h1-4,9H,6-7H2,(H,11,12);/q-1;. The third-order valence-electron chi connectivity index (χ3n) is 1.98. The number of amides is 1. The van der Waals surface area contributed by atoms with Crippen LogP contribution in [0.4, 0.5) is 4.79 Å². The van der Waals surface area contributed by atoms with Crippen LogP contribution < -0.4 is 5.32 Å². The van der Waals surface area contributed by atoms with Crippen molar-refractivity contribution in [1.82, 2.24) is 5.32 Å². The summed E-state index contributed by atoms with van der Waals surface area (Å²) in [6.45, 7) is 0.460. The van der Waals surface area contributed by atoms with Gasteiger partial charge in [-0.25, -0.2) is 4.79 Å². The summed E-state index contributed by atoms with van der Waals surface area (Å²) in [5.74, 6) is 0. The SMILES string of the molecule is O=C1NC(Cc2[c-]cccc2)CO1.[Y]. The third-order valence-corrected chi connectivity index (χ3v) is 1.98. The fraction of sp³-hybridized carbons (Fsp3) is 0.300. The molecule has 71 valence electrons. The maximum Gasteiger partial charge on any atom is 0.407 e. The molecule has 1 aliphatic heterocycles. The molecular weight excluding hydrogens is 255 g/mol. The van der Waals surface area contributed by atoms with Crippen LogP contribution in [0, 0.1) is 6.07 Å². The minimum atomic E-state index is -0.319. The van der Waals surface area contributed by atoms with E-state index in [9.17, 15) is 4.79 Å². The molecule has 0 aromatic heterocycles. The number of ether oxygens (including phenoxy) is 1. The second kappa shape index (κ2) is 5.47. The molecule has 1 heterocycles. The van der Waals surface area contributed by atoms with Crippen molar-refractivity contribution in [2.45, 2.75) is 12.5 Å². The van der Waals surface area contributed by atoms with Gasteiger partial charge in [-0.1, -0.05) is 0 Å². The Hall–Kier alpha value is -0.406. The Morgan fingerprint density at radius 2 is 2.43 bits per heavy atom. The van der Waals surface area contributed by atoms with Gasteiger partial charge in [0.05, 0.1) is 6.04 Å². The number of carbonyl (C=O) groups excluding carboxylic acids is 1. The molecule has 14 heavy (non-hydrogen) atoms. The van der Waals surface area contributed by atoms with Crippen LogP contribution in [0.1, 0.15) is 5.56 Å². The van der Waals surface area contributed by atoms with E-state index in [4.69, 9.17) is 4.74 Å². The Labute approximate surface area is 108 Å². The maximum absolute atomic E-state index is 10.7. The molecule has 0 bridgehead atoms. The molecule has 0 saturated carbocycles. The largest absolute Gasteiger partial charge is 0.447 e. The van der Waals surface area contributed by atoms with Crippen molar-refractivity contribution in [2.24, 2.45) is 0 Å². The van der Waals surface area contributed by atoms with E-state index in [0.717, 1.165) is 12.0 Å². The van der Waals surface area contributed by atoms with Crippen LogP contribution in [-0.2, 0) is 43.9 Å². The first-order chi connectivity index (χ1) is 6.34. The Balaban J connectivity index is 0.000000980. The van der Waals surface area contributed by atoms with Gasteiger partial charge in [0.1, 0.15) is 6.61 Å². The Morgan fingerprint density at radius 1 is 1.57 bits per heavy atom. The van der Waals surface area contributed by atoms with Crippen LogP contribution >= 0.6 is 0 Å². The van der Waals surface area contributed by atoms with Crippen LogP contribution in [0.5, 0.6) is 0 Å². The van der Waals surface area contributed by atoms with Gasteiger partial charge in [-0.05, 0) is 6.42 Å². The number of hydrogen-bond donors (Lipinski definition) is 1. The molecule has 1 fully saturated rings. The van der Waals surface area contributed by atoms with Gasteiger partial charge in [0, 0.05) is 32.7 Å². The molecule has 1 unspecified atom stereocenters. The molecule has 0 aliphatic carbocycles. The average molecular weight is 265 g/mol. The summed E-state index contributed by atoms with van der Waals surface area (Å²) in [5, 5.41) is 2.72. The number of hydrogen-bond acceptors (Lipinski definition) is 2. The van der Waals surface area contributed by atoms with E-state index in [1.54, 1.807) is 0 Å². The number of carbonyl (C=O) groups is 1. The molecule has 1 amide bonds. The molecule has 1 radical (unpaired) electrons. The molecular formula is C10H10NO2Y-. The molecule has 4 heteroatoms. The Kier molecular flexibility index (Phi) is 4.56. The van der Waals surface area contributed by atoms with Crippen LogP contribution in [0.25, 0.3) is 0 Å². The minimum absolute atomic E-state index is 0. The molecule has 1 aromatic rings. The van der Waals surface area contributed by atoms with Gasteiger partial charge >= 0.3 is 6.09 Å². The normalized spacial score (nSPS) is 19.4. The van der Waals surface area contributed by atoms with Crippen molar-refractivity contribution >= 4 is 6.09 Å². The van der Waals surface area contributed by atoms with E-state index in [2.05, 4.69) is 11.4 Å². The van der Waals surface area contributed by atoms with E-state index in [1.165, 1.54) is 0 Å². The molecule has 1 aromatic carbocycles. The zero-order valence-electron chi connectivity index (χ0n) is 7.69. The molecule has 3 nitrogen and oxygen atoms in total. The molecule has 1 aliphatic rings. The summed E-state index contributed by atoms with van der Waals surface area (Å²) in [6, 6.07) is 11.0. The monoisotopic (exact) mass is 265 g/mol.